The number of benzene rings is 1. The molecule has 0 aromatic heterocycles. The Morgan fingerprint density at radius 1 is 1.62 bits per heavy atom. The topological polar surface area (TPSA) is 52.3 Å². The summed E-state index contributed by atoms with van der Waals surface area (Å²) in [5.74, 6) is 0.0533. The number of carbonyl (C=O) groups excluding carboxylic acids is 1. The third kappa shape index (κ3) is 1.35. The van der Waals surface area contributed by atoms with Gasteiger partial charge in [0, 0.05) is 12.0 Å². The van der Waals surface area contributed by atoms with Crippen LogP contribution in [-0.2, 0) is 6.42 Å². The Labute approximate surface area is 80.4 Å². The SMILES string of the molecule is NC(=O)c1cccc2c1OC(Cl)C2. The molecule has 0 spiro atoms. The fourth-order valence-corrected chi connectivity index (χ4v) is 1.68. The van der Waals surface area contributed by atoms with E-state index in [-0.39, 0.29) is 5.56 Å². The Hall–Kier alpha value is -1.22. The maximum Gasteiger partial charge on any atom is 0.252 e. The van der Waals surface area contributed by atoms with Gasteiger partial charge in [0.05, 0.1) is 5.56 Å². The predicted molar refractivity (Wildman–Crippen MR) is 48.9 cm³/mol. The summed E-state index contributed by atoms with van der Waals surface area (Å²) in [6.45, 7) is 0. The zero-order valence-corrected chi connectivity index (χ0v) is 7.54. The highest BCUT2D eigenvalue weighted by molar-refractivity contribution is 6.20. The highest BCUT2D eigenvalue weighted by Gasteiger charge is 2.24. The Morgan fingerprint density at radius 2 is 2.38 bits per heavy atom. The molecule has 0 saturated carbocycles. The second kappa shape index (κ2) is 2.92. The molecule has 2 N–H and O–H groups in total. The van der Waals surface area contributed by atoms with Crippen molar-refractivity contribution in [2.75, 3.05) is 0 Å². The molecular formula is C9H8ClNO2. The molecule has 2 rings (SSSR count). The maximum atomic E-state index is 11.0. The summed E-state index contributed by atoms with van der Waals surface area (Å²) in [7, 11) is 0. The van der Waals surface area contributed by atoms with Crippen LogP contribution in [0.1, 0.15) is 15.9 Å². The minimum absolute atomic E-state index is 0.379. The maximum absolute atomic E-state index is 11.0. The van der Waals surface area contributed by atoms with Gasteiger partial charge in [-0.15, -0.1) is 0 Å². The average Bonchev–Trinajstić information content (AvgIpc) is 2.43. The number of carbonyl (C=O) groups is 1. The molecule has 4 heteroatoms. The van der Waals surface area contributed by atoms with Crippen molar-refractivity contribution in [1.29, 1.82) is 0 Å². The van der Waals surface area contributed by atoms with Crippen molar-refractivity contribution < 1.29 is 9.53 Å². The number of ether oxygens (including phenoxy) is 1. The van der Waals surface area contributed by atoms with Gasteiger partial charge in [-0.3, -0.25) is 4.79 Å². The first-order chi connectivity index (χ1) is 6.18. The second-order valence-corrected chi connectivity index (χ2v) is 3.38. The van der Waals surface area contributed by atoms with E-state index in [1.165, 1.54) is 0 Å². The number of para-hydroxylation sites is 1. The standard InChI is InChI=1S/C9H8ClNO2/c10-7-4-5-2-1-3-6(9(11)12)8(5)13-7/h1-3,7H,4H2,(H2,11,12). The number of hydrogen-bond acceptors (Lipinski definition) is 2. The number of hydrogen-bond donors (Lipinski definition) is 1. The van der Waals surface area contributed by atoms with E-state index in [4.69, 9.17) is 22.1 Å². The van der Waals surface area contributed by atoms with Crippen LogP contribution in [-0.4, -0.2) is 11.5 Å². The van der Waals surface area contributed by atoms with E-state index >= 15 is 0 Å². The third-order valence-corrected chi connectivity index (χ3v) is 2.23. The van der Waals surface area contributed by atoms with E-state index in [1.807, 2.05) is 6.07 Å². The Balaban J connectivity index is 2.51. The Morgan fingerprint density at radius 3 is 3.08 bits per heavy atom. The van der Waals surface area contributed by atoms with Crippen LogP contribution in [0.3, 0.4) is 0 Å². The van der Waals surface area contributed by atoms with Crippen LogP contribution in [0.25, 0.3) is 0 Å². The highest BCUT2D eigenvalue weighted by Crippen LogP contribution is 2.33. The van der Waals surface area contributed by atoms with E-state index in [9.17, 15) is 4.79 Å². The van der Waals surface area contributed by atoms with Gasteiger partial charge in [-0.25, -0.2) is 0 Å². The van der Waals surface area contributed by atoms with Crippen LogP contribution in [0.2, 0.25) is 0 Å². The number of primary amides is 1. The summed E-state index contributed by atoms with van der Waals surface area (Å²) >= 11 is 5.78. The number of alkyl halides is 1. The van der Waals surface area contributed by atoms with Crippen LogP contribution >= 0.6 is 11.6 Å². The molecule has 68 valence electrons. The van der Waals surface area contributed by atoms with E-state index in [0.29, 0.717) is 17.7 Å². The smallest absolute Gasteiger partial charge is 0.252 e. The number of fused-ring (bicyclic) bond motifs is 1. The third-order valence-electron chi connectivity index (χ3n) is 1.99. The number of nitrogens with two attached hydrogens (primary N) is 1. The molecule has 0 bridgehead atoms. The number of rotatable bonds is 1. The molecule has 0 aliphatic carbocycles. The first-order valence-electron chi connectivity index (χ1n) is 3.91. The summed E-state index contributed by atoms with van der Waals surface area (Å²) in [6, 6.07) is 5.29. The van der Waals surface area contributed by atoms with Crippen LogP contribution in [0.15, 0.2) is 18.2 Å². The molecule has 1 atom stereocenters. The molecule has 1 aromatic rings. The minimum atomic E-state index is -0.484. The molecule has 0 fully saturated rings. The second-order valence-electron chi connectivity index (χ2n) is 2.89. The zero-order chi connectivity index (χ0) is 9.42. The van der Waals surface area contributed by atoms with Gasteiger partial charge >= 0.3 is 0 Å². The quantitative estimate of drug-likeness (QED) is 0.690. The first-order valence-corrected chi connectivity index (χ1v) is 4.34. The fourth-order valence-electron chi connectivity index (χ4n) is 1.42. The summed E-state index contributed by atoms with van der Waals surface area (Å²) in [5.41, 5.74) is 6.14. The molecule has 1 amide bonds. The molecule has 1 aliphatic rings. The van der Waals surface area contributed by atoms with Crippen LogP contribution < -0.4 is 10.5 Å². The highest BCUT2D eigenvalue weighted by atomic mass is 35.5. The Bertz CT molecular complexity index is 365. The summed E-state index contributed by atoms with van der Waals surface area (Å²) in [5, 5.41) is 0. The van der Waals surface area contributed by atoms with Gasteiger partial charge in [0.25, 0.3) is 5.91 Å². The molecule has 3 nitrogen and oxygen atoms in total. The van der Waals surface area contributed by atoms with Crippen molar-refractivity contribution in [2.45, 2.75) is 12.0 Å². The van der Waals surface area contributed by atoms with Crippen molar-refractivity contribution in [3.63, 3.8) is 0 Å². The lowest BCUT2D eigenvalue weighted by Gasteiger charge is -2.04. The van der Waals surface area contributed by atoms with Gasteiger partial charge in [0.15, 0.2) is 5.56 Å². The minimum Gasteiger partial charge on any atom is -0.473 e. The fraction of sp³-hybridized carbons (Fsp3) is 0.222. The largest absolute Gasteiger partial charge is 0.473 e. The molecular weight excluding hydrogens is 190 g/mol. The van der Waals surface area contributed by atoms with Crippen molar-refractivity contribution in [2.24, 2.45) is 5.73 Å². The monoisotopic (exact) mass is 197 g/mol. The van der Waals surface area contributed by atoms with Crippen molar-refractivity contribution in [3.8, 4) is 5.75 Å². The summed E-state index contributed by atoms with van der Waals surface area (Å²) < 4.78 is 5.26. The Kier molecular flexibility index (Phi) is 1.88. The van der Waals surface area contributed by atoms with Crippen molar-refractivity contribution in [3.05, 3.63) is 29.3 Å². The lowest BCUT2D eigenvalue weighted by Crippen LogP contribution is -2.12. The summed E-state index contributed by atoms with van der Waals surface area (Å²) in [6.07, 6.45) is 0.623. The van der Waals surface area contributed by atoms with Crippen molar-refractivity contribution >= 4 is 17.5 Å². The van der Waals surface area contributed by atoms with Gasteiger partial charge in [-0.05, 0) is 6.07 Å². The van der Waals surface area contributed by atoms with Gasteiger partial charge in [0.1, 0.15) is 5.75 Å². The normalized spacial score (nSPS) is 19.3. The molecule has 1 aromatic carbocycles. The number of halogens is 1. The first kappa shape index (κ1) is 8.38. The zero-order valence-electron chi connectivity index (χ0n) is 6.79. The van der Waals surface area contributed by atoms with Crippen LogP contribution in [0, 0.1) is 0 Å². The van der Waals surface area contributed by atoms with Crippen LogP contribution in [0.5, 0.6) is 5.75 Å². The van der Waals surface area contributed by atoms with E-state index < -0.39 is 5.91 Å². The lowest BCUT2D eigenvalue weighted by atomic mass is 10.1. The van der Waals surface area contributed by atoms with E-state index in [2.05, 4.69) is 0 Å². The van der Waals surface area contributed by atoms with Gasteiger partial charge < -0.3 is 10.5 Å². The molecule has 13 heavy (non-hydrogen) atoms. The molecule has 1 unspecified atom stereocenters. The van der Waals surface area contributed by atoms with E-state index in [0.717, 1.165) is 5.56 Å². The molecule has 0 radical (unpaired) electrons. The van der Waals surface area contributed by atoms with Crippen molar-refractivity contribution in [1.82, 2.24) is 0 Å². The lowest BCUT2D eigenvalue weighted by molar-refractivity contribution is 0.0997. The number of amides is 1. The summed E-state index contributed by atoms with van der Waals surface area (Å²) in [4.78, 5) is 11.0. The van der Waals surface area contributed by atoms with E-state index in [1.54, 1.807) is 12.1 Å². The molecule has 1 aliphatic heterocycles. The van der Waals surface area contributed by atoms with Gasteiger partial charge in [0.2, 0.25) is 0 Å². The molecule has 0 saturated heterocycles. The van der Waals surface area contributed by atoms with Gasteiger partial charge in [-0.2, -0.15) is 0 Å². The van der Waals surface area contributed by atoms with Gasteiger partial charge in [-0.1, -0.05) is 23.7 Å². The average molecular weight is 198 g/mol. The van der Waals surface area contributed by atoms with Crippen LogP contribution in [0.4, 0.5) is 0 Å². The predicted octanol–water partition coefficient (Wildman–Crippen LogP) is 1.29. The molecule has 1 heterocycles.